The highest BCUT2D eigenvalue weighted by Gasteiger charge is 2.29. The molecule has 0 aromatic carbocycles. The van der Waals surface area contributed by atoms with Crippen molar-refractivity contribution in [1.82, 2.24) is 10.2 Å². The van der Waals surface area contributed by atoms with E-state index in [9.17, 15) is 9.59 Å². The van der Waals surface area contributed by atoms with E-state index < -0.39 is 0 Å². The number of alkyl halides is 1. The number of hydrogen-bond acceptors (Lipinski definition) is 2. The van der Waals surface area contributed by atoms with Crippen LogP contribution in [0.5, 0.6) is 0 Å². The quantitative estimate of drug-likeness (QED) is 0.776. The Morgan fingerprint density at radius 2 is 2.20 bits per heavy atom. The summed E-state index contributed by atoms with van der Waals surface area (Å²) in [7, 11) is 0. The molecule has 5 heteroatoms. The van der Waals surface area contributed by atoms with E-state index in [1.165, 1.54) is 0 Å². The van der Waals surface area contributed by atoms with Crippen molar-refractivity contribution in [2.24, 2.45) is 0 Å². The molecule has 1 aliphatic heterocycles. The molecule has 0 aliphatic carbocycles. The van der Waals surface area contributed by atoms with Crippen LogP contribution in [-0.4, -0.2) is 40.7 Å². The Labute approximate surface area is 98.5 Å². The minimum Gasteiger partial charge on any atom is -0.345 e. The predicted molar refractivity (Wildman–Crippen MR) is 61.8 cm³/mol. The van der Waals surface area contributed by atoms with Gasteiger partial charge in [0.1, 0.15) is 0 Å². The molecule has 0 spiro atoms. The van der Waals surface area contributed by atoms with Crippen molar-refractivity contribution in [3.63, 3.8) is 0 Å². The first-order valence-electron chi connectivity index (χ1n) is 5.18. The standard InChI is InChI=1S/C10H17BrN2O2/c1-3-4-10(2,11)7-13-6-8(14)12-5-9(13)15/h3-7H2,1-2H3,(H,12,14). The molecule has 0 saturated carbocycles. The van der Waals surface area contributed by atoms with E-state index in [1.54, 1.807) is 4.90 Å². The molecule has 1 atom stereocenters. The highest BCUT2D eigenvalue weighted by molar-refractivity contribution is 9.10. The summed E-state index contributed by atoms with van der Waals surface area (Å²) in [5.74, 6) is -0.0780. The van der Waals surface area contributed by atoms with Gasteiger partial charge in [-0.15, -0.1) is 0 Å². The zero-order valence-corrected chi connectivity index (χ0v) is 10.8. The van der Waals surface area contributed by atoms with Gasteiger partial charge in [-0.3, -0.25) is 9.59 Å². The summed E-state index contributed by atoms with van der Waals surface area (Å²) in [4.78, 5) is 24.3. The maximum atomic E-state index is 11.5. The van der Waals surface area contributed by atoms with Gasteiger partial charge < -0.3 is 10.2 Å². The van der Waals surface area contributed by atoms with E-state index in [-0.39, 0.29) is 29.2 Å². The van der Waals surface area contributed by atoms with Gasteiger partial charge in [-0.25, -0.2) is 0 Å². The monoisotopic (exact) mass is 276 g/mol. The summed E-state index contributed by atoms with van der Waals surface area (Å²) in [5.41, 5.74) is 0. The van der Waals surface area contributed by atoms with Crippen LogP contribution in [0, 0.1) is 0 Å². The van der Waals surface area contributed by atoms with Gasteiger partial charge in [0.15, 0.2) is 0 Å². The second kappa shape index (κ2) is 4.96. The molecular weight excluding hydrogens is 260 g/mol. The maximum Gasteiger partial charge on any atom is 0.242 e. The third-order valence-corrected chi connectivity index (χ3v) is 3.06. The Kier molecular flexibility index (Phi) is 4.13. The molecule has 1 unspecified atom stereocenters. The Bertz CT molecular complexity index is 266. The minimum atomic E-state index is -0.0883. The van der Waals surface area contributed by atoms with E-state index in [1.807, 2.05) is 0 Å². The number of halogens is 1. The van der Waals surface area contributed by atoms with E-state index in [0.717, 1.165) is 12.8 Å². The van der Waals surface area contributed by atoms with Crippen molar-refractivity contribution in [3.8, 4) is 0 Å². The van der Waals surface area contributed by atoms with Crippen molar-refractivity contribution < 1.29 is 9.59 Å². The lowest BCUT2D eigenvalue weighted by atomic mass is 10.0. The van der Waals surface area contributed by atoms with Gasteiger partial charge in [-0.05, 0) is 13.3 Å². The fourth-order valence-corrected chi connectivity index (χ4v) is 2.44. The van der Waals surface area contributed by atoms with Crippen molar-refractivity contribution in [1.29, 1.82) is 0 Å². The second-order valence-corrected chi connectivity index (χ2v) is 6.10. The molecule has 2 amide bonds. The average molecular weight is 277 g/mol. The van der Waals surface area contributed by atoms with Crippen LogP contribution in [0.4, 0.5) is 0 Å². The molecule has 0 radical (unpaired) electrons. The number of piperazine rings is 1. The fourth-order valence-electron chi connectivity index (χ4n) is 1.75. The first kappa shape index (κ1) is 12.5. The molecule has 1 aliphatic rings. The van der Waals surface area contributed by atoms with Crippen LogP contribution in [0.3, 0.4) is 0 Å². The number of hydrogen-bond donors (Lipinski definition) is 1. The maximum absolute atomic E-state index is 11.5. The number of amides is 2. The molecule has 1 saturated heterocycles. The third-order valence-electron chi connectivity index (χ3n) is 2.42. The topological polar surface area (TPSA) is 49.4 Å². The summed E-state index contributed by atoms with van der Waals surface area (Å²) in [6.07, 6.45) is 2.04. The second-order valence-electron chi connectivity index (χ2n) is 4.19. The molecule has 0 aromatic rings. The normalized spacial score (nSPS) is 21.1. The van der Waals surface area contributed by atoms with Crippen LogP contribution in [0.2, 0.25) is 0 Å². The summed E-state index contributed by atoms with van der Waals surface area (Å²) < 4.78 is -0.0883. The lowest BCUT2D eigenvalue weighted by molar-refractivity contribution is -0.140. The summed E-state index contributed by atoms with van der Waals surface area (Å²) in [6, 6.07) is 0. The average Bonchev–Trinajstić information content (AvgIpc) is 2.10. The minimum absolute atomic E-state index is 0.00335. The van der Waals surface area contributed by atoms with Gasteiger partial charge in [0.2, 0.25) is 11.8 Å². The van der Waals surface area contributed by atoms with Crippen molar-refractivity contribution in [2.75, 3.05) is 19.6 Å². The highest BCUT2D eigenvalue weighted by atomic mass is 79.9. The largest absolute Gasteiger partial charge is 0.345 e. The zero-order valence-electron chi connectivity index (χ0n) is 9.18. The molecule has 86 valence electrons. The third kappa shape index (κ3) is 3.81. The van der Waals surface area contributed by atoms with Gasteiger partial charge in [-0.2, -0.15) is 0 Å². The zero-order chi connectivity index (χ0) is 11.5. The Morgan fingerprint density at radius 3 is 2.80 bits per heavy atom. The Balaban J connectivity index is 2.55. The van der Waals surface area contributed by atoms with Gasteiger partial charge in [0, 0.05) is 10.9 Å². The van der Waals surface area contributed by atoms with Crippen molar-refractivity contribution >= 4 is 27.7 Å². The predicted octanol–water partition coefficient (Wildman–Crippen LogP) is 0.898. The van der Waals surface area contributed by atoms with Gasteiger partial charge in [0.25, 0.3) is 0 Å². The molecular formula is C10H17BrN2O2. The van der Waals surface area contributed by atoms with Gasteiger partial charge >= 0.3 is 0 Å². The Hall–Kier alpha value is -0.580. The van der Waals surface area contributed by atoms with E-state index >= 15 is 0 Å². The van der Waals surface area contributed by atoms with Crippen LogP contribution in [0.15, 0.2) is 0 Å². The van der Waals surface area contributed by atoms with Crippen molar-refractivity contribution in [3.05, 3.63) is 0 Å². The molecule has 0 bridgehead atoms. The molecule has 1 N–H and O–H groups in total. The van der Waals surface area contributed by atoms with Crippen LogP contribution < -0.4 is 5.32 Å². The van der Waals surface area contributed by atoms with Gasteiger partial charge in [-0.1, -0.05) is 29.3 Å². The van der Waals surface area contributed by atoms with Crippen molar-refractivity contribution in [2.45, 2.75) is 31.0 Å². The molecule has 1 fully saturated rings. The summed E-state index contributed by atoms with van der Waals surface area (Å²) >= 11 is 3.60. The fraction of sp³-hybridized carbons (Fsp3) is 0.800. The van der Waals surface area contributed by atoms with E-state index in [2.05, 4.69) is 35.1 Å². The summed E-state index contributed by atoms with van der Waals surface area (Å²) in [5, 5.41) is 2.53. The first-order valence-corrected chi connectivity index (χ1v) is 5.97. The lowest BCUT2D eigenvalue weighted by Crippen LogP contribution is -2.54. The molecule has 15 heavy (non-hydrogen) atoms. The van der Waals surface area contributed by atoms with Crippen LogP contribution in [0.25, 0.3) is 0 Å². The molecule has 1 heterocycles. The van der Waals surface area contributed by atoms with E-state index in [0.29, 0.717) is 6.54 Å². The molecule has 0 aromatic heterocycles. The highest BCUT2D eigenvalue weighted by Crippen LogP contribution is 2.25. The first-order chi connectivity index (χ1) is 6.94. The number of nitrogens with one attached hydrogen (secondary N) is 1. The number of rotatable bonds is 4. The Morgan fingerprint density at radius 1 is 1.53 bits per heavy atom. The smallest absolute Gasteiger partial charge is 0.242 e. The van der Waals surface area contributed by atoms with Crippen LogP contribution >= 0.6 is 15.9 Å². The lowest BCUT2D eigenvalue weighted by Gasteiger charge is -2.33. The molecule has 1 rings (SSSR count). The SMILES string of the molecule is CCCC(C)(Br)CN1CC(=O)NCC1=O. The summed E-state index contributed by atoms with van der Waals surface area (Å²) in [6.45, 7) is 5.06. The number of nitrogens with zero attached hydrogens (tertiary/aromatic N) is 1. The number of carbonyl (C=O) groups is 2. The van der Waals surface area contributed by atoms with Crippen LogP contribution in [-0.2, 0) is 9.59 Å². The van der Waals surface area contributed by atoms with Crippen LogP contribution in [0.1, 0.15) is 26.7 Å². The molecule has 4 nitrogen and oxygen atoms in total. The number of carbonyl (C=O) groups excluding carboxylic acids is 2. The van der Waals surface area contributed by atoms with Gasteiger partial charge in [0.05, 0.1) is 13.1 Å². The van der Waals surface area contributed by atoms with E-state index in [4.69, 9.17) is 0 Å².